The summed E-state index contributed by atoms with van der Waals surface area (Å²) in [6, 6.07) is 4.94. The van der Waals surface area contributed by atoms with Crippen molar-refractivity contribution < 1.29 is 8.78 Å². The van der Waals surface area contributed by atoms with Gasteiger partial charge in [-0.25, -0.2) is 8.78 Å². The number of nitrogens with one attached hydrogen (secondary N) is 1. The smallest absolute Gasteiger partial charge is 0.181 e. The molecule has 0 aromatic heterocycles. The van der Waals surface area contributed by atoms with Gasteiger partial charge in [0, 0.05) is 18.6 Å². The molecule has 1 fully saturated rings. The van der Waals surface area contributed by atoms with Crippen molar-refractivity contribution in [3.63, 3.8) is 0 Å². The van der Waals surface area contributed by atoms with Gasteiger partial charge in [-0.05, 0) is 38.9 Å². The third-order valence-corrected chi connectivity index (χ3v) is 3.52. The fraction of sp³-hybridized carbons (Fsp3) is 0.538. The van der Waals surface area contributed by atoms with E-state index >= 15 is 0 Å². The normalized spacial score (nSPS) is 25.9. The number of anilines is 1. The number of benzene rings is 1. The van der Waals surface area contributed by atoms with E-state index < -0.39 is 11.6 Å². The predicted octanol–water partition coefficient (Wildman–Crippen LogP) is 2.86. The Labute approximate surface area is 101 Å². The van der Waals surface area contributed by atoms with E-state index in [1.54, 1.807) is 6.07 Å². The maximum atomic E-state index is 13.5. The summed E-state index contributed by atoms with van der Waals surface area (Å²) in [4.78, 5) is 2.28. The number of piperidine rings is 1. The molecule has 2 rings (SSSR count). The number of nitrogens with zero attached hydrogens (tertiary/aromatic N) is 1. The second-order valence-corrected chi connectivity index (χ2v) is 4.80. The minimum atomic E-state index is -0.795. The molecular weight excluding hydrogens is 222 g/mol. The molecule has 0 aliphatic carbocycles. The number of hydrogen-bond donors (Lipinski definition) is 1. The average Bonchev–Trinajstić information content (AvgIpc) is 2.30. The van der Waals surface area contributed by atoms with Crippen molar-refractivity contribution in [2.75, 3.05) is 18.9 Å². The van der Waals surface area contributed by atoms with Crippen LogP contribution >= 0.6 is 0 Å². The Morgan fingerprint density at radius 1 is 1.35 bits per heavy atom. The third-order valence-electron chi connectivity index (χ3n) is 3.52. The fourth-order valence-electron chi connectivity index (χ4n) is 2.26. The molecule has 17 heavy (non-hydrogen) atoms. The van der Waals surface area contributed by atoms with Crippen LogP contribution in [0.15, 0.2) is 18.2 Å². The quantitative estimate of drug-likeness (QED) is 0.855. The molecule has 0 saturated carbocycles. The molecule has 0 bridgehead atoms. The predicted molar refractivity (Wildman–Crippen MR) is 65.1 cm³/mol. The summed E-state index contributed by atoms with van der Waals surface area (Å²) in [6.45, 7) is 3.13. The molecule has 2 atom stereocenters. The third kappa shape index (κ3) is 2.75. The maximum absolute atomic E-state index is 13.5. The Kier molecular flexibility index (Phi) is 3.62. The number of halogens is 2. The van der Waals surface area contributed by atoms with Gasteiger partial charge in [0.1, 0.15) is 0 Å². The van der Waals surface area contributed by atoms with Crippen LogP contribution in [0.1, 0.15) is 19.8 Å². The van der Waals surface area contributed by atoms with Gasteiger partial charge in [-0.15, -0.1) is 0 Å². The second-order valence-electron chi connectivity index (χ2n) is 4.80. The Balaban J connectivity index is 2.04. The van der Waals surface area contributed by atoms with Gasteiger partial charge in [-0.1, -0.05) is 6.07 Å². The molecular formula is C13H18F2N2. The van der Waals surface area contributed by atoms with Crippen molar-refractivity contribution in [1.29, 1.82) is 0 Å². The summed E-state index contributed by atoms with van der Waals surface area (Å²) in [5.74, 6) is -1.57. The molecule has 1 aromatic carbocycles. The lowest BCUT2D eigenvalue weighted by molar-refractivity contribution is 0.190. The van der Waals surface area contributed by atoms with Crippen LogP contribution in [0.25, 0.3) is 0 Å². The lowest BCUT2D eigenvalue weighted by atomic mass is 9.98. The first-order valence-corrected chi connectivity index (χ1v) is 5.98. The van der Waals surface area contributed by atoms with Crippen LogP contribution in [0, 0.1) is 11.6 Å². The Hall–Kier alpha value is -1.16. The van der Waals surface area contributed by atoms with E-state index in [9.17, 15) is 8.78 Å². The van der Waals surface area contributed by atoms with Crippen LogP contribution in [-0.2, 0) is 0 Å². The molecule has 2 nitrogen and oxygen atoms in total. The van der Waals surface area contributed by atoms with E-state index in [1.807, 2.05) is 0 Å². The number of likely N-dealkylation sites (tertiary alicyclic amines) is 1. The maximum Gasteiger partial charge on any atom is 0.181 e. The molecule has 1 aliphatic heterocycles. The minimum Gasteiger partial charge on any atom is -0.380 e. The molecule has 2 unspecified atom stereocenters. The van der Waals surface area contributed by atoms with Crippen molar-refractivity contribution in [2.24, 2.45) is 0 Å². The zero-order valence-corrected chi connectivity index (χ0v) is 10.2. The Morgan fingerprint density at radius 2 is 2.12 bits per heavy atom. The van der Waals surface area contributed by atoms with Crippen LogP contribution in [0.3, 0.4) is 0 Å². The summed E-state index contributed by atoms with van der Waals surface area (Å²) >= 11 is 0. The molecule has 1 aliphatic rings. The zero-order valence-electron chi connectivity index (χ0n) is 10.2. The monoisotopic (exact) mass is 240 g/mol. The van der Waals surface area contributed by atoms with Gasteiger partial charge in [0.05, 0.1) is 5.69 Å². The van der Waals surface area contributed by atoms with Gasteiger partial charge in [0.15, 0.2) is 11.6 Å². The summed E-state index contributed by atoms with van der Waals surface area (Å²) in [7, 11) is 2.09. The molecule has 1 aromatic rings. The highest BCUT2D eigenvalue weighted by Gasteiger charge is 2.23. The zero-order chi connectivity index (χ0) is 12.4. The van der Waals surface area contributed by atoms with E-state index in [4.69, 9.17) is 0 Å². The average molecular weight is 240 g/mol. The van der Waals surface area contributed by atoms with Crippen molar-refractivity contribution >= 4 is 5.69 Å². The van der Waals surface area contributed by atoms with E-state index in [2.05, 4.69) is 24.2 Å². The summed E-state index contributed by atoms with van der Waals surface area (Å²) in [6.07, 6.45) is 1.91. The van der Waals surface area contributed by atoms with E-state index in [0.717, 1.165) is 25.5 Å². The first-order valence-electron chi connectivity index (χ1n) is 5.98. The molecule has 0 spiro atoms. The summed E-state index contributed by atoms with van der Waals surface area (Å²) in [5, 5.41) is 3.10. The number of hydrogen-bond acceptors (Lipinski definition) is 2. The van der Waals surface area contributed by atoms with Gasteiger partial charge in [0.2, 0.25) is 0 Å². The van der Waals surface area contributed by atoms with Crippen molar-refractivity contribution in [2.45, 2.75) is 31.8 Å². The topological polar surface area (TPSA) is 15.3 Å². The van der Waals surface area contributed by atoms with Crippen molar-refractivity contribution in [3.05, 3.63) is 29.8 Å². The second kappa shape index (κ2) is 5.00. The largest absolute Gasteiger partial charge is 0.380 e. The van der Waals surface area contributed by atoms with Crippen LogP contribution in [0.4, 0.5) is 14.5 Å². The first-order chi connectivity index (χ1) is 8.08. The van der Waals surface area contributed by atoms with Crippen LogP contribution < -0.4 is 5.32 Å². The highest BCUT2D eigenvalue weighted by Crippen LogP contribution is 2.22. The SMILES string of the molecule is CC1CC(Nc2cccc(F)c2F)CCN1C. The van der Waals surface area contributed by atoms with Gasteiger partial charge < -0.3 is 10.2 Å². The van der Waals surface area contributed by atoms with Crippen LogP contribution in [-0.4, -0.2) is 30.6 Å². The highest BCUT2D eigenvalue weighted by molar-refractivity contribution is 5.45. The highest BCUT2D eigenvalue weighted by atomic mass is 19.2. The van der Waals surface area contributed by atoms with E-state index in [0.29, 0.717) is 6.04 Å². The van der Waals surface area contributed by atoms with Crippen LogP contribution in [0.5, 0.6) is 0 Å². The molecule has 0 radical (unpaired) electrons. The Bertz CT molecular complexity index is 395. The molecule has 1 N–H and O–H groups in total. The van der Waals surface area contributed by atoms with Crippen molar-refractivity contribution in [1.82, 2.24) is 4.90 Å². The standard InChI is InChI=1S/C13H18F2N2/c1-9-8-10(6-7-17(9)2)16-12-5-3-4-11(14)13(12)15/h3-5,9-10,16H,6-8H2,1-2H3. The number of rotatable bonds is 2. The Morgan fingerprint density at radius 3 is 2.82 bits per heavy atom. The summed E-state index contributed by atoms with van der Waals surface area (Å²) in [5.41, 5.74) is 0.270. The lowest BCUT2D eigenvalue weighted by Crippen LogP contribution is -2.42. The van der Waals surface area contributed by atoms with Gasteiger partial charge in [-0.2, -0.15) is 0 Å². The lowest BCUT2D eigenvalue weighted by Gasteiger charge is -2.35. The molecule has 1 saturated heterocycles. The van der Waals surface area contributed by atoms with Gasteiger partial charge >= 0.3 is 0 Å². The molecule has 1 heterocycles. The van der Waals surface area contributed by atoms with Gasteiger partial charge in [0.25, 0.3) is 0 Å². The van der Waals surface area contributed by atoms with E-state index in [1.165, 1.54) is 6.07 Å². The van der Waals surface area contributed by atoms with Crippen LogP contribution in [0.2, 0.25) is 0 Å². The molecule has 94 valence electrons. The fourth-order valence-corrected chi connectivity index (χ4v) is 2.26. The summed E-state index contributed by atoms with van der Waals surface area (Å²) < 4.78 is 26.5. The van der Waals surface area contributed by atoms with Gasteiger partial charge in [-0.3, -0.25) is 0 Å². The molecule has 4 heteroatoms. The first kappa shape index (κ1) is 12.3. The van der Waals surface area contributed by atoms with Crippen molar-refractivity contribution in [3.8, 4) is 0 Å². The minimum absolute atomic E-state index is 0.220. The molecule has 0 amide bonds. The van der Waals surface area contributed by atoms with E-state index in [-0.39, 0.29) is 11.7 Å².